The standard InChI is InChI=1S/C25H28N4O5/c1-28-23(30)22(27-29(25(28)32)16-17-12-14-19(33-2)15-13-17)26-20-10-6-7-11-21(20)34-24(31)18-8-4-3-5-9-18/h3-5,8-9,12-15,20-21H,6-7,10-11,16H2,1-2H3,(H,26,27)/t20-,21-/m1/s1. The van der Waals surface area contributed by atoms with Gasteiger partial charge in [-0.15, -0.1) is 5.10 Å². The summed E-state index contributed by atoms with van der Waals surface area (Å²) < 4.78 is 13.2. The second kappa shape index (κ2) is 10.4. The summed E-state index contributed by atoms with van der Waals surface area (Å²) in [4.78, 5) is 38.1. The number of aromatic nitrogens is 3. The lowest BCUT2D eigenvalue weighted by Gasteiger charge is -2.32. The Morgan fingerprint density at radius 3 is 2.47 bits per heavy atom. The highest BCUT2D eigenvalue weighted by atomic mass is 16.5. The first-order valence-electron chi connectivity index (χ1n) is 11.3. The third-order valence-electron chi connectivity index (χ3n) is 6.02. The van der Waals surface area contributed by atoms with Crippen LogP contribution in [0.3, 0.4) is 0 Å². The van der Waals surface area contributed by atoms with Gasteiger partial charge in [-0.1, -0.05) is 36.8 Å². The Hall–Kier alpha value is -3.88. The number of rotatable bonds is 7. The van der Waals surface area contributed by atoms with Crippen LogP contribution >= 0.6 is 0 Å². The van der Waals surface area contributed by atoms with E-state index in [4.69, 9.17) is 9.47 Å². The SMILES string of the molecule is COc1ccc(Cn2nc(N[C@@H]3CCCC[C@H]3OC(=O)c3ccccc3)c(=O)n(C)c2=O)cc1. The van der Waals surface area contributed by atoms with Gasteiger partial charge in [0.05, 0.1) is 25.3 Å². The molecule has 0 aliphatic heterocycles. The first-order chi connectivity index (χ1) is 16.5. The zero-order valence-corrected chi connectivity index (χ0v) is 19.3. The number of carbonyl (C=O) groups excluding carboxylic acids is 1. The van der Waals surface area contributed by atoms with Gasteiger partial charge in [-0.3, -0.25) is 9.36 Å². The Labute approximate surface area is 196 Å². The molecule has 0 amide bonds. The number of nitrogens with one attached hydrogen (secondary N) is 1. The zero-order chi connectivity index (χ0) is 24.1. The molecule has 1 saturated carbocycles. The molecule has 3 aromatic rings. The Balaban J connectivity index is 1.55. The van der Waals surface area contributed by atoms with Crippen molar-refractivity contribution in [3.63, 3.8) is 0 Å². The van der Waals surface area contributed by atoms with Crippen molar-refractivity contribution in [3.8, 4) is 5.75 Å². The zero-order valence-electron chi connectivity index (χ0n) is 19.3. The molecule has 1 aliphatic rings. The van der Waals surface area contributed by atoms with E-state index in [-0.39, 0.29) is 18.4 Å². The number of benzene rings is 2. The topological polar surface area (TPSA) is 104 Å². The molecule has 0 unspecified atom stereocenters. The quantitative estimate of drug-likeness (QED) is 0.536. The summed E-state index contributed by atoms with van der Waals surface area (Å²) in [5.74, 6) is 0.369. The van der Waals surface area contributed by atoms with E-state index in [1.54, 1.807) is 43.5 Å². The molecule has 9 nitrogen and oxygen atoms in total. The van der Waals surface area contributed by atoms with Crippen LogP contribution in [0.5, 0.6) is 5.75 Å². The summed E-state index contributed by atoms with van der Waals surface area (Å²) in [6.07, 6.45) is 2.85. The summed E-state index contributed by atoms with van der Waals surface area (Å²) >= 11 is 0. The monoisotopic (exact) mass is 464 g/mol. The fraction of sp³-hybridized carbons (Fsp3) is 0.360. The molecule has 2 aromatic carbocycles. The van der Waals surface area contributed by atoms with Crippen molar-refractivity contribution >= 4 is 11.8 Å². The first-order valence-corrected chi connectivity index (χ1v) is 11.3. The lowest BCUT2D eigenvalue weighted by molar-refractivity contribution is 0.0174. The van der Waals surface area contributed by atoms with Gasteiger partial charge in [0.15, 0.2) is 0 Å². The van der Waals surface area contributed by atoms with E-state index in [0.29, 0.717) is 17.7 Å². The predicted molar refractivity (Wildman–Crippen MR) is 127 cm³/mol. The van der Waals surface area contributed by atoms with Crippen LogP contribution in [0.15, 0.2) is 64.2 Å². The van der Waals surface area contributed by atoms with E-state index < -0.39 is 23.3 Å². The largest absolute Gasteiger partial charge is 0.497 e. The summed E-state index contributed by atoms with van der Waals surface area (Å²) in [5.41, 5.74) is 0.290. The maximum absolute atomic E-state index is 12.8. The van der Waals surface area contributed by atoms with E-state index in [1.807, 2.05) is 18.2 Å². The number of methoxy groups -OCH3 is 1. The molecule has 2 atom stereocenters. The molecule has 0 radical (unpaired) electrons. The van der Waals surface area contributed by atoms with Crippen molar-refractivity contribution in [1.82, 2.24) is 14.3 Å². The van der Waals surface area contributed by atoms with E-state index in [9.17, 15) is 14.4 Å². The second-order valence-corrected chi connectivity index (χ2v) is 8.35. The molecule has 0 spiro atoms. The average Bonchev–Trinajstić information content (AvgIpc) is 2.87. The van der Waals surface area contributed by atoms with Gasteiger partial charge in [-0.2, -0.15) is 0 Å². The smallest absolute Gasteiger partial charge is 0.347 e. The van der Waals surface area contributed by atoms with E-state index in [1.165, 1.54) is 11.7 Å². The van der Waals surface area contributed by atoms with Crippen LogP contribution in [0.1, 0.15) is 41.6 Å². The van der Waals surface area contributed by atoms with E-state index >= 15 is 0 Å². The van der Waals surface area contributed by atoms with Crippen LogP contribution in [0.4, 0.5) is 5.82 Å². The lowest BCUT2D eigenvalue weighted by Crippen LogP contribution is -2.45. The third kappa shape index (κ3) is 5.19. The molecule has 34 heavy (non-hydrogen) atoms. The van der Waals surface area contributed by atoms with Gasteiger partial charge >= 0.3 is 11.7 Å². The van der Waals surface area contributed by atoms with Gasteiger partial charge in [0.2, 0.25) is 5.82 Å². The Kier molecular flexibility index (Phi) is 7.10. The Morgan fingerprint density at radius 1 is 1.06 bits per heavy atom. The van der Waals surface area contributed by atoms with Crippen molar-refractivity contribution in [3.05, 3.63) is 86.6 Å². The Morgan fingerprint density at radius 2 is 1.76 bits per heavy atom. The third-order valence-corrected chi connectivity index (χ3v) is 6.02. The van der Waals surface area contributed by atoms with Gasteiger partial charge in [0, 0.05) is 7.05 Å². The van der Waals surface area contributed by atoms with E-state index in [2.05, 4.69) is 10.4 Å². The molecule has 0 bridgehead atoms. The van der Waals surface area contributed by atoms with Gasteiger partial charge in [0.25, 0.3) is 5.56 Å². The fourth-order valence-electron chi connectivity index (χ4n) is 4.08. The average molecular weight is 465 g/mol. The van der Waals surface area contributed by atoms with Crippen LogP contribution in [0, 0.1) is 0 Å². The number of nitrogens with zero attached hydrogens (tertiary/aromatic N) is 3. The molecule has 1 aromatic heterocycles. The van der Waals surface area contributed by atoms with Crippen LogP contribution in [-0.4, -0.2) is 39.6 Å². The molecule has 4 rings (SSSR count). The second-order valence-electron chi connectivity index (χ2n) is 8.35. The molecule has 0 saturated heterocycles. The molecule has 1 heterocycles. The number of hydrogen-bond donors (Lipinski definition) is 1. The van der Waals surface area contributed by atoms with Crippen LogP contribution in [0.2, 0.25) is 0 Å². The molecule has 1 fully saturated rings. The molecule has 9 heteroatoms. The van der Waals surface area contributed by atoms with Crippen LogP contribution in [0.25, 0.3) is 0 Å². The van der Waals surface area contributed by atoms with Crippen molar-refractivity contribution in [1.29, 1.82) is 0 Å². The minimum absolute atomic E-state index is 0.0586. The predicted octanol–water partition coefficient (Wildman–Crippen LogP) is 2.58. The van der Waals surface area contributed by atoms with Crippen LogP contribution < -0.4 is 21.3 Å². The van der Waals surface area contributed by atoms with Crippen molar-refractivity contribution in [2.75, 3.05) is 12.4 Å². The number of anilines is 1. The minimum Gasteiger partial charge on any atom is -0.497 e. The summed E-state index contributed by atoms with van der Waals surface area (Å²) in [6.45, 7) is 0.197. The molecule has 178 valence electrons. The lowest BCUT2D eigenvalue weighted by atomic mass is 9.92. The molecular weight excluding hydrogens is 436 g/mol. The molecule has 1 aliphatic carbocycles. The normalized spacial score (nSPS) is 17.7. The van der Waals surface area contributed by atoms with Gasteiger partial charge in [-0.25, -0.2) is 14.3 Å². The van der Waals surface area contributed by atoms with E-state index in [0.717, 1.165) is 29.4 Å². The minimum atomic E-state index is -0.519. The summed E-state index contributed by atoms with van der Waals surface area (Å²) in [5, 5.41) is 7.49. The fourth-order valence-corrected chi connectivity index (χ4v) is 4.08. The Bertz CT molecular complexity index is 1250. The highest BCUT2D eigenvalue weighted by Gasteiger charge is 2.30. The maximum Gasteiger partial charge on any atom is 0.347 e. The van der Waals surface area contributed by atoms with Crippen LogP contribution in [-0.2, 0) is 18.3 Å². The van der Waals surface area contributed by atoms with Crippen molar-refractivity contribution in [2.24, 2.45) is 7.05 Å². The number of hydrogen-bond acceptors (Lipinski definition) is 7. The number of ether oxygens (including phenoxy) is 2. The highest BCUT2D eigenvalue weighted by Crippen LogP contribution is 2.24. The summed E-state index contributed by atoms with van der Waals surface area (Å²) in [7, 11) is 3.01. The van der Waals surface area contributed by atoms with Gasteiger partial charge in [0.1, 0.15) is 11.9 Å². The molecule has 1 N–H and O–H groups in total. The van der Waals surface area contributed by atoms with Gasteiger partial charge in [-0.05, 0) is 49.1 Å². The maximum atomic E-state index is 12.8. The number of esters is 1. The highest BCUT2D eigenvalue weighted by molar-refractivity contribution is 5.89. The first kappa shape index (κ1) is 23.3. The molecular formula is C25H28N4O5. The van der Waals surface area contributed by atoms with Crippen molar-refractivity contribution in [2.45, 2.75) is 44.4 Å². The summed E-state index contributed by atoms with van der Waals surface area (Å²) in [6, 6.07) is 15.8. The number of carbonyl (C=O) groups is 1. The van der Waals surface area contributed by atoms with Gasteiger partial charge < -0.3 is 14.8 Å². The van der Waals surface area contributed by atoms with Crippen molar-refractivity contribution < 1.29 is 14.3 Å².